The third-order valence-corrected chi connectivity index (χ3v) is 7.16. The molecular weight excluding hydrogens is 495 g/mol. The van der Waals surface area contributed by atoms with Gasteiger partial charge in [0.15, 0.2) is 0 Å². The Morgan fingerprint density at radius 2 is 1.72 bits per heavy atom. The lowest BCUT2D eigenvalue weighted by molar-refractivity contribution is -0.137. The summed E-state index contributed by atoms with van der Waals surface area (Å²) in [5.41, 5.74) is 5.05. The highest BCUT2D eigenvalue weighted by Gasteiger charge is 2.28. The van der Waals surface area contributed by atoms with Gasteiger partial charge >= 0.3 is 5.97 Å². The Kier molecular flexibility index (Phi) is 7.81. The molecule has 1 unspecified atom stereocenters. The van der Waals surface area contributed by atoms with E-state index in [0.29, 0.717) is 53.8 Å². The first-order valence-electron chi connectivity index (χ1n) is 13.3. The van der Waals surface area contributed by atoms with Gasteiger partial charge in [-0.1, -0.05) is 18.2 Å². The molecule has 1 aromatic heterocycles. The Balaban J connectivity index is 1.40. The predicted octanol–water partition coefficient (Wildman–Crippen LogP) is 5.58. The molecule has 1 fully saturated rings. The maximum atomic E-state index is 13.6. The summed E-state index contributed by atoms with van der Waals surface area (Å²) in [7, 11) is 0. The normalized spacial score (nSPS) is 15.5. The number of nitrogens with zero attached hydrogens (tertiary/aromatic N) is 4. The van der Waals surface area contributed by atoms with Gasteiger partial charge in [-0.2, -0.15) is 0 Å². The molecule has 39 heavy (non-hydrogen) atoms. The average molecular weight is 527 g/mol. The lowest BCUT2D eigenvalue weighted by atomic mass is 10.0. The molecule has 3 aromatic carbocycles. The molecule has 5 rings (SSSR count). The molecule has 1 aliphatic heterocycles. The number of carbonyl (C=O) groups excluding carboxylic acids is 1. The van der Waals surface area contributed by atoms with E-state index in [4.69, 9.17) is 15.1 Å². The Morgan fingerprint density at radius 1 is 0.949 bits per heavy atom. The molecule has 0 saturated carbocycles. The molecule has 1 saturated heterocycles. The summed E-state index contributed by atoms with van der Waals surface area (Å²) in [6.45, 7) is 4.20. The summed E-state index contributed by atoms with van der Waals surface area (Å²) >= 11 is 0. The molecule has 7 nitrogen and oxygen atoms in total. The highest BCUT2D eigenvalue weighted by atomic mass is 19.1. The quantitative estimate of drug-likeness (QED) is 0.302. The van der Waals surface area contributed by atoms with Crippen LogP contribution in [0.15, 0.2) is 72.8 Å². The summed E-state index contributed by atoms with van der Waals surface area (Å²) in [6.07, 6.45) is 1.76. The number of aliphatic carboxylic acids is 1. The molecule has 8 heteroatoms. The van der Waals surface area contributed by atoms with Gasteiger partial charge in [-0.3, -0.25) is 9.59 Å². The second-order valence-electron chi connectivity index (χ2n) is 9.96. The van der Waals surface area contributed by atoms with E-state index < -0.39 is 5.97 Å². The van der Waals surface area contributed by atoms with E-state index in [9.17, 15) is 14.0 Å². The number of carbonyl (C=O) groups is 2. The number of amides is 1. The van der Waals surface area contributed by atoms with Crippen molar-refractivity contribution in [3.05, 3.63) is 89.9 Å². The number of hydrogen-bond acceptors (Lipinski definition) is 5. The number of halogens is 1. The number of aryl methyl sites for hydroxylation is 1. The first kappa shape index (κ1) is 26.3. The van der Waals surface area contributed by atoms with E-state index in [-0.39, 0.29) is 24.2 Å². The highest BCUT2D eigenvalue weighted by Crippen LogP contribution is 2.27. The van der Waals surface area contributed by atoms with Crippen molar-refractivity contribution in [2.24, 2.45) is 0 Å². The van der Waals surface area contributed by atoms with Crippen LogP contribution in [0, 0.1) is 5.82 Å². The van der Waals surface area contributed by atoms with Crippen LogP contribution in [0.5, 0.6) is 0 Å². The van der Waals surface area contributed by atoms with Crippen LogP contribution in [0.2, 0.25) is 0 Å². The van der Waals surface area contributed by atoms with Crippen LogP contribution in [0.3, 0.4) is 0 Å². The third-order valence-electron chi connectivity index (χ3n) is 7.16. The van der Waals surface area contributed by atoms with Gasteiger partial charge in [-0.25, -0.2) is 14.4 Å². The van der Waals surface area contributed by atoms with Crippen LogP contribution in [-0.2, 0) is 11.2 Å². The summed E-state index contributed by atoms with van der Waals surface area (Å²) in [6, 6.07) is 21.8. The van der Waals surface area contributed by atoms with E-state index in [1.165, 1.54) is 12.1 Å². The number of carboxylic acids is 1. The lowest BCUT2D eigenvalue weighted by Gasteiger charge is -2.41. The molecule has 0 bridgehead atoms. The number of aromatic nitrogens is 2. The molecule has 4 aromatic rings. The number of para-hydroxylation sites is 1. The van der Waals surface area contributed by atoms with Gasteiger partial charge < -0.3 is 14.9 Å². The van der Waals surface area contributed by atoms with Gasteiger partial charge in [0, 0.05) is 48.9 Å². The maximum absolute atomic E-state index is 13.6. The summed E-state index contributed by atoms with van der Waals surface area (Å²) in [5.74, 6) is -1.21. The van der Waals surface area contributed by atoms with E-state index >= 15 is 0 Å². The number of hydrogen-bond donors (Lipinski definition) is 1. The van der Waals surface area contributed by atoms with Gasteiger partial charge in [-0.05, 0) is 80.8 Å². The molecule has 0 aliphatic carbocycles. The zero-order valence-electron chi connectivity index (χ0n) is 21.9. The predicted molar refractivity (Wildman–Crippen MR) is 149 cm³/mol. The Bertz CT molecular complexity index is 1480. The van der Waals surface area contributed by atoms with E-state index in [1.54, 1.807) is 24.3 Å². The molecule has 1 amide bonds. The van der Waals surface area contributed by atoms with E-state index in [1.807, 2.05) is 29.2 Å². The van der Waals surface area contributed by atoms with Crippen molar-refractivity contribution in [1.82, 2.24) is 14.9 Å². The SMILES string of the molecule is CC1CN(c2ccccc2)CCN1C(=O)c1ccc2nc(-c3ccc(F)cc3)c(CCCCC(=O)O)nc2c1. The third kappa shape index (κ3) is 6.06. The number of benzene rings is 3. The second-order valence-corrected chi connectivity index (χ2v) is 9.96. The van der Waals surface area contributed by atoms with Crippen LogP contribution in [0.25, 0.3) is 22.3 Å². The fraction of sp³-hybridized carbons (Fsp3) is 0.290. The lowest BCUT2D eigenvalue weighted by Crippen LogP contribution is -2.54. The zero-order valence-corrected chi connectivity index (χ0v) is 21.9. The number of unbranched alkanes of at least 4 members (excludes halogenated alkanes) is 1. The van der Waals surface area contributed by atoms with Gasteiger partial charge in [0.1, 0.15) is 5.82 Å². The molecule has 0 radical (unpaired) electrons. The summed E-state index contributed by atoms with van der Waals surface area (Å²) in [4.78, 5) is 38.4. The van der Waals surface area contributed by atoms with Crippen LogP contribution in [0.1, 0.15) is 42.2 Å². The smallest absolute Gasteiger partial charge is 0.303 e. The van der Waals surface area contributed by atoms with E-state index in [2.05, 4.69) is 24.0 Å². The fourth-order valence-corrected chi connectivity index (χ4v) is 5.10. The minimum atomic E-state index is -0.833. The van der Waals surface area contributed by atoms with Crippen molar-refractivity contribution in [3.63, 3.8) is 0 Å². The van der Waals surface area contributed by atoms with Gasteiger partial charge in [0.05, 0.1) is 22.4 Å². The zero-order chi connectivity index (χ0) is 27.4. The van der Waals surface area contributed by atoms with Gasteiger partial charge in [-0.15, -0.1) is 0 Å². The van der Waals surface area contributed by atoms with Crippen LogP contribution >= 0.6 is 0 Å². The molecular formula is C31H31FN4O3. The molecule has 1 atom stereocenters. The van der Waals surface area contributed by atoms with Crippen molar-refractivity contribution in [1.29, 1.82) is 0 Å². The Morgan fingerprint density at radius 3 is 2.44 bits per heavy atom. The molecule has 1 N–H and O–H groups in total. The fourth-order valence-electron chi connectivity index (χ4n) is 5.10. The molecule has 0 spiro atoms. The first-order chi connectivity index (χ1) is 18.9. The second kappa shape index (κ2) is 11.6. The Labute approximate surface area is 226 Å². The molecule has 2 heterocycles. The van der Waals surface area contributed by atoms with Gasteiger partial charge in [0.2, 0.25) is 0 Å². The summed E-state index contributed by atoms with van der Waals surface area (Å²) in [5, 5.41) is 8.99. The average Bonchev–Trinajstić information content (AvgIpc) is 2.95. The van der Waals surface area contributed by atoms with Crippen molar-refractivity contribution >= 4 is 28.6 Å². The van der Waals surface area contributed by atoms with E-state index in [0.717, 1.165) is 24.3 Å². The van der Waals surface area contributed by atoms with Crippen LogP contribution in [0.4, 0.5) is 10.1 Å². The van der Waals surface area contributed by atoms with Crippen molar-refractivity contribution in [3.8, 4) is 11.3 Å². The largest absolute Gasteiger partial charge is 0.481 e. The topological polar surface area (TPSA) is 86.6 Å². The van der Waals surface area contributed by atoms with Crippen LogP contribution < -0.4 is 4.90 Å². The number of rotatable bonds is 8. The van der Waals surface area contributed by atoms with Crippen molar-refractivity contribution in [2.45, 2.75) is 38.6 Å². The minimum absolute atomic E-state index is 0.0375. The number of piperazine rings is 1. The Hall–Kier alpha value is -4.33. The number of fused-ring (bicyclic) bond motifs is 1. The number of carboxylic acid groups (broad SMARTS) is 1. The molecule has 200 valence electrons. The molecule has 1 aliphatic rings. The van der Waals surface area contributed by atoms with Crippen molar-refractivity contribution < 1.29 is 19.1 Å². The van der Waals surface area contributed by atoms with Crippen molar-refractivity contribution in [2.75, 3.05) is 24.5 Å². The monoisotopic (exact) mass is 526 g/mol. The van der Waals surface area contributed by atoms with Gasteiger partial charge in [0.25, 0.3) is 5.91 Å². The van der Waals surface area contributed by atoms with Crippen LogP contribution in [-0.4, -0.2) is 57.5 Å². The minimum Gasteiger partial charge on any atom is -0.481 e. The first-order valence-corrected chi connectivity index (χ1v) is 13.3. The number of anilines is 1. The summed E-state index contributed by atoms with van der Waals surface area (Å²) < 4.78 is 13.6. The standard InChI is InChI=1S/C31H31FN4O3/c1-21-20-35(25-7-3-2-4-8-25)17-18-36(21)31(39)23-13-16-26-28(19-23)33-27(9-5-6-10-29(37)38)30(34-26)22-11-14-24(32)15-12-22/h2-4,7-8,11-16,19,21H,5-6,9-10,17-18,20H2,1H3,(H,37,38). The highest BCUT2D eigenvalue weighted by molar-refractivity contribution is 5.98. The maximum Gasteiger partial charge on any atom is 0.303 e.